The van der Waals surface area contributed by atoms with Gasteiger partial charge < -0.3 is 19.9 Å². The van der Waals surface area contributed by atoms with Gasteiger partial charge in [0, 0.05) is 42.8 Å². The standard InChI is InChI=1S/C24H28N4O3/c1-16-9-10-20-19(15-16)21(22(25-20)24(30)31-3)26-23(29)17(2)27-11-13-28(14-12-27)18-7-5-4-6-8-18/h4-10,15,17,25H,11-14H2,1-3H3,(H,26,29)/t17-/m0/s1. The Hall–Kier alpha value is -3.32. The normalized spacial score (nSPS) is 15.6. The zero-order valence-electron chi connectivity index (χ0n) is 18.1. The number of amides is 1. The van der Waals surface area contributed by atoms with Crippen molar-refractivity contribution >= 4 is 34.2 Å². The second-order valence-corrected chi connectivity index (χ2v) is 7.94. The van der Waals surface area contributed by atoms with Crippen LogP contribution in [0.3, 0.4) is 0 Å². The van der Waals surface area contributed by atoms with E-state index in [0.29, 0.717) is 5.69 Å². The van der Waals surface area contributed by atoms with Gasteiger partial charge in [-0.3, -0.25) is 9.69 Å². The highest BCUT2D eigenvalue weighted by molar-refractivity contribution is 6.11. The molecule has 1 fully saturated rings. The van der Waals surface area contributed by atoms with Gasteiger partial charge in [-0.05, 0) is 38.1 Å². The molecule has 4 rings (SSSR count). The maximum atomic E-state index is 13.1. The minimum absolute atomic E-state index is 0.138. The zero-order chi connectivity index (χ0) is 22.0. The lowest BCUT2D eigenvalue weighted by Gasteiger charge is -2.38. The minimum Gasteiger partial charge on any atom is -0.464 e. The Morgan fingerprint density at radius 3 is 2.45 bits per heavy atom. The van der Waals surface area contributed by atoms with Crippen molar-refractivity contribution in [2.24, 2.45) is 0 Å². The van der Waals surface area contributed by atoms with Crippen molar-refractivity contribution in [3.05, 3.63) is 59.8 Å². The number of aromatic amines is 1. The quantitative estimate of drug-likeness (QED) is 0.619. The Morgan fingerprint density at radius 1 is 1.06 bits per heavy atom. The van der Waals surface area contributed by atoms with Crippen LogP contribution < -0.4 is 10.2 Å². The van der Waals surface area contributed by atoms with Gasteiger partial charge in [0.25, 0.3) is 0 Å². The van der Waals surface area contributed by atoms with E-state index in [2.05, 4.69) is 32.2 Å². The number of rotatable bonds is 5. The van der Waals surface area contributed by atoms with Gasteiger partial charge in [0.1, 0.15) is 5.69 Å². The number of nitrogens with one attached hydrogen (secondary N) is 2. The van der Waals surface area contributed by atoms with E-state index in [1.54, 1.807) is 0 Å². The molecule has 0 saturated carbocycles. The van der Waals surface area contributed by atoms with Crippen molar-refractivity contribution in [3.8, 4) is 0 Å². The third-order valence-corrected chi connectivity index (χ3v) is 5.95. The molecule has 1 saturated heterocycles. The van der Waals surface area contributed by atoms with E-state index < -0.39 is 5.97 Å². The number of carbonyl (C=O) groups excluding carboxylic acids is 2. The van der Waals surface area contributed by atoms with E-state index in [-0.39, 0.29) is 17.6 Å². The van der Waals surface area contributed by atoms with Crippen molar-refractivity contribution < 1.29 is 14.3 Å². The molecule has 31 heavy (non-hydrogen) atoms. The van der Waals surface area contributed by atoms with Gasteiger partial charge in [-0.25, -0.2) is 4.79 Å². The monoisotopic (exact) mass is 420 g/mol. The molecular formula is C24H28N4O3. The number of carbonyl (C=O) groups is 2. The predicted octanol–water partition coefficient (Wildman–Crippen LogP) is 3.41. The smallest absolute Gasteiger partial charge is 0.356 e. The number of benzene rings is 2. The van der Waals surface area contributed by atoms with E-state index in [1.165, 1.54) is 12.8 Å². The summed E-state index contributed by atoms with van der Waals surface area (Å²) in [6.45, 7) is 7.19. The highest BCUT2D eigenvalue weighted by Gasteiger charge is 2.28. The average molecular weight is 421 g/mol. The number of esters is 1. The van der Waals surface area contributed by atoms with Crippen molar-refractivity contribution in [3.63, 3.8) is 0 Å². The Balaban J connectivity index is 1.49. The summed E-state index contributed by atoms with van der Waals surface area (Å²) in [5.74, 6) is -0.644. The zero-order valence-corrected chi connectivity index (χ0v) is 18.1. The summed E-state index contributed by atoms with van der Waals surface area (Å²) in [6, 6.07) is 15.8. The lowest BCUT2D eigenvalue weighted by Crippen LogP contribution is -2.52. The number of hydrogen-bond donors (Lipinski definition) is 2. The first-order chi connectivity index (χ1) is 15.0. The van der Waals surface area contributed by atoms with Gasteiger partial charge in [0.15, 0.2) is 0 Å². The summed E-state index contributed by atoms with van der Waals surface area (Å²) in [6.07, 6.45) is 0. The molecule has 0 aliphatic carbocycles. The summed E-state index contributed by atoms with van der Waals surface area (Å²) in [7, 11) is 1.33. The summed E-state index contributed by atoms with van der Waals surface area (Å²) >= 11 is 0. The maximum Gasteiger partial charge on any atom is 0.356 e. The number of anilines is 2. The molecule has 0 radical (unpaired) electrons. The third-order valence-electron chi connectivity index (χ3n) is 5.95. The van der Waals surface area contributed by atoms with Crippen LogP contribution in [0.15, 0.2) is 48.5 Å². The molecular weight excluding hydrogens is 392 g/mol. The van der Waals surface area contributed by atoms with Crippen molar-refractivity contribution in [1.82, 2.24) is 9.88 Å². The summed E-state index contributed by atoms with van der Waals surface area (Å²) < 4.78 is 4.91. The second kappa shape index (κ2) is 8.81. The van der Waals surface area contributed by atoms with Gasteiger partial charge in [0.05, 0.1) is 18.8 Å². The fraction of sp³-hybridized carbons (Fsp3) is 0.333. The van der Waals surface area contributed by atoms with Crippen molar-refractivity contribution in [1.29, 1.82) is 0 Å². The number of aromatic nitrogens is 1. The van der Waals surface area contributed by atoms with Crippen LogP contribution in [0.4, 0.5) is 11.4 Å². The largest absolute Gasteiger partial charge is 0.464 e. The Morgan fingerprint density at radius 2 is 1.77 bits per heavy atom. The molecule has 162 valence electrons. The SMILES string of the molecule is COC(=O)c1[nH]c2ccc(C)cc2c1NC(=O)[C@H](C)N1CCN(c2ccccc2)CC1. The number of hydrogen-bond acceptors (Lipinski definition) is 5. The molecule has 2 aromatic carbocycles. The molecule has 2 N–H and O–H groups in total. The number of fused-ring (bicyclic) bond motifs is 1. The third kappa shape index (κ3) is 4.27. The molecule has 7 heteroatoms. The molecule has 7 nitrogen and oxygen atoms in total. The number of para-hydroxylation sites is 1. The van der Waals surface area contributed by atoms with Gasteiger partial charge in [-0.15, -0.1) is 0 Å². The van der Waals surface area contributed by atoms with E-state index in [9.17, 15) is 9.59 Å². The second-order valence-electron chi connectivity index (χ2n) is 7.94. The van der Waals surface area contributed by atoms with E-state index in [0.717, 1.165) is 42.6 Å². The lowest BCUT2D eigenvalue weighted by molar-refractivity contribution is -0.120. The van der Waals surface area contributed by atoms with Crippen LogP contribution >= 0.6 is 0 Å². The summed E-state index contributed by atoms with van der Waals surface area (Å²) in [4.78, 5) is 33.0. The highest BCUT2D eigenvalue weighted by Crippen LogP contribution is 2.30. The summed E-state index contributed by atoms with van der Waals surface area (Å²) in [5.41, 5.74) is 3.77. The van der Waals surface area contributed by atoms with Crippen LogP contribution in [-0.2, 0) is 9.53 Å². The van der Waals surface area contributed by atoms with Crippen LogP contribution in [0.2, 0.25) is 0 Å². The first-order valence-corrected chi connectivity index (χ1v) is 10.5. The number of nitrogens with zero attached hydrogens (tertiary/aromatic N) is 2. The van der Waals surface area contributed by atoms with Crippen molar-refractivity contribution in [2.75, 3.05) is 43.5 Å². The highest BCUT2D eigenvalue weighted by atomic mass is 16.5. The topological polar surface area (TPSA) is 77.7 Å². The summed E-state index contributed by atoms with van der Waals surface area (Å²) in [5, 5.41) is 3.79. The number of ether oxygens (including phenoxy) is 1. The molecule has 1 aliphatic heterocycles. The van der Waals surface area contributed by atoms with Crippen LogP contribution in [0, 0.1) is 6.92 Å². The van der Waals surface area contributed by atoms with E-state index >= 15 is 0 Å². The predicted molar refractivity (Wildman–Crippen MR) is 123 cm³/mol. The Kier molecular flexibility index (Phi) is 5.95. The number of aryl methyl sites for hydroxylation is 1. The molecule has 1 amide bonds. The molecule has 0 unspecified atom stereocenters. The molecule has 1 aliphatic rings. The molecule has 1 atom stereocenters. The fourth-order valence-corrected chi connectivity index (χ4v) is 4.09. The first-order valence-electron chi connectivity index (χ1n) is 10.5. The van der Waals surface area contributed by atoms with Crippen LogP contribution in [0.1, 0.15) is 23.0 Å². The van der Waals surface area contributed by atoms with Gasteiger partial charge in [-0.2, -0.15) is 0 Å². The van der Waals surface area contributed by atoms with E-state index in [4.69, 9.17) is 4.74 Å². The van der Waals surface area contributed by atoms with Gasteiger partial charge >= 0.3 is 5.97 Å². The van der Waals surface area contributed by atoms with Crippen LogP contribution in [0.5, 0.6) is 0 Å². The van der Waals surface area contributed by atoms with Gasteiger partial charge in [-0.1, -0.05) is 29.8 Å². The first kappa shape index (κ1) is 20.9. The van der Waals surface area contributed by atoms with E-state index in [1.807, 2.05) is 50.2 Å². The number of H-pyrrole nitrogens is 1. The molecule has 1 aromatic heterocycles. The Bertz CT molecular complexity index is 1080. The molecule has 0 spiro atoms. The minimum atomic E-state index is -0.506. The van der Waals surface area contributed by atoms with Crippen LogP contribution in [-0.4, -0.2) is 61.1 Å². The lowest BCUT2D eigenvalue weighted by atomic mass is 10.1. The molecule has 0 bridgehead atoms. The number of piperazine rings is 1. The molecule has 3 aromatic rings. The average Bonchev–Trinajstić information content (AvgIpc) is 3.16. The number of methoxy groups -OCH3 is 1. The van der Waals surface area contributed by atoms with Gasteiger partial charge in [0.2, 0.25) is 5.91 Å². The fourth-order valence-electron chi connectivity index (χ4n) is 4.09. The Labute approximate surface area is 182 Å². The van der Waals surface area contributed by atoms with Crippen LogP contribution in [0.25, 0.3) is 10.9 Å². The van der Waals surface area contributed by atoms with Crippen molar-refractivity contribution in [2.45, 2.75) is 19.9 Å². The maximum absolute atomic E-state index is 13.1. The molecule has 2 heterocycles.